The van der Waals surface area contributed by atoms with Crippen molar-refractivity contribution >= 4 is 39.1 Å². The molecule has 0 aliphatic heterocycles. The Bertz CT molecular complexity index is 669. The minimum atomic E-state index is -1.01. The number of amides is 1. The fraction of sp³-hybridized carbons (Fsp3) is 0.250. The van der Waals surface area contributed by atoms with E-state index in [1.54, 1.807) is 23.5 Å². The summed E-state index contributed by atoms with van der Waals surface area (Å²) in [4.78, 5) is 23.3. The molecule has 0 saturated heterocycles. The van der Waals surface area contributed by atoms with Crippen LogP contribution in [0.3, 0.4) is 0 Å². The molecule has 0 spiro atoms. The molecule has 1 aromatic heterocycles. The summed E-state index contributed by atoms with van der Waals surface area (Å²) < 4.78 is 6.08. The maximum absolute atomic E-state index is 11.8. The van der Waals surface area contributed by atoms with Crippen LogP contribution in [0.15, 0.2) is 40.2 Å². The van der Waals surface area contributed by atoms with Crippen LogP contribution in [0, 0.1) is 0 Å². The smallest absolute Gasteiger partial charge is 0.341 e. The Hall–Kier alpha value is -1.86. The van der Waals surface area contributed by atoms with Gasteiger partial charge in [0.2, 0.25) is 5.91 Å². The first-order chi connectivity index (χ1) is 11.0. The number of rotatable bonds is 8. The summed E-state index contributed by atoms with van der Waals surface area (Å²) in [6, 6.07) is 11.0. The first-order valence-electron chi connectivity index (χ1n) is 6.97. The highest BCUT2D eigenvalue weighted by Gasteiger charge is 2.05. The third kappa shape index (κ3) is 6.42. The highest BCUT2D eigenvalue weighted by molar-refractivity contribution is 9.11. The van der Waals surface area contributed by atoms with E-state index in [1.165, 1.54) is 0 Å². The molecule has 1 heterocycles. The fourth-order valence-electron chi connectivity index (χ4n) is 1.91. The van der Waals surface area contributed by atoms with Gasteiger partial charge in [0, 0.05) is 11.4 Å². The van der Waals surface area contributed by atoms with Crippen molar-refractivity contribution in [3.8, 4) is 5.75 Å². The Balaban J connectivity index is 1.71. The van der Waals surface area contributed by atoms with Gasteiger partial charge in [-0.25, -0.2) is 4.79 Å². The second kappa shape index (κ2) is 8.69. The second-order valence-corrected chi connectivity index (χ2v) is 7.36. The highest BCUT2D eigenvalue weighted by Crippen LogP contribution is 2.22. The summed E-state index contributed by atoms with van der Waals surface area (Å²) >= 11 is 4.93. The lowest BCUT2D eigenvalue weighted by atomic mass is 10.1. The zero-order chi connectivity index (χ0) is 16.7. The number of carbonyl (C=O) groups is 2. The van der Waals surface area contributed by atoms with Gasteiger partial charge >= 0.3 is 5.97 Å². The molecule has 2 N–H and O–H groups in total. The van der Waals surface area contributed by atoms with Crippen LogP contribution in [0.2, 0.25) is 0 Å². The van der Waals surface area contributed by atoms with E-state index in [-0.39, 0.29) is 12.5 Å². The number of carboxylic acid groups (broad SMARTS) is 1. The summed E-state index contributed by atoms with van der Waals surface area (Å²) in [7, 11) is 0. The molecule has 2 rings (SSSR count). The Morgan fingerprint density at radius 3 is 2.52 bits per heavy atom. The van der Waals surface area contributed by atoms with Gasteiger partial charge in [-0.2, -0.15) is 0 Å². The molecule has 2 aromatic rings. The fourth-order valence-corrected chi connectivity index (χ4v) is 3.39. The number of carboxylic acids is 1. The maximum atomic E-state index is 11.8. The molecule has 23 heavy (non-hydrogen) atoms. The van der Waals surface area contributed by atoms with Crippen LogP contribution in [0.5, 0.6) is 5.75 Å². The van der Waals surface area contributed by atoms with Crippen LogP contribution in [0.4, 0.5) is 0 Å². The van der Waals surface area contributed by atoms with E-state index >= 15 is 0 Å². The molecule has 0 radical (unpaired) electrons. The van der Waals surface area contributed by atoms with Crippen molar-refractivity contribution in [1.82, 2.24) is 5.32 Å². The third-order valence-corrected chi connectivity index (χ3v) is 4.61. The average Bonchev–Trinajstić information content (AvgIpc) is 2.91. The Kier molecular flexibility index (Phi) is 6.61. The van der Waals surface area contributed by atoms with Gasteiger partial charge in [-0.3, -0.25) is 4.79 Å². The quantitative estimate of drug-likeness (QED) is 0.717. The summed E-state index contributed by atoms with van der Waals surface area (Å²) in [5.41, 5.74) is 1.05. The maximum Gasteiger partial charge on any atom is 0.341 e. The number of nitrogens with one attached hydrogen (secondary N) is 1. The predicted octanol–water partition coefficient (Wildman–Crippen LogP) is 2.88. The van der Waals surface area contributed by atoms with E-state index in [2.05, 4.69) is 21.2 Å². The lowest BCUT2D eigenvalue weighted by Gasteiger charge is -2.06. The van der Waals surface area contributed by atoms with Crippen molar-refractivity contribution in [2.75, 3.05) is 13.2 Å². The van der Waals surface area contributed by atoms with E-state index in [0.717, 1.165) is 14.2 Å². The molecule has 0 bridgehead atoms. The lowest BCUT2D eigenvalue weighted by molar-refractivity contribution is -0.139. The first-order valence-corrected chi connectivity index (χ1v) is 8.58. The largest absolute Gasteiger partial charge is 0.482 e. The summed E-state index contributed by atoms with van der Waals surface area (Å²) in [6.07, 6.45) is 1.09. The van der Waals surface area contributed by atoms with Gasteiger partial charge in [0.05, 0.1) is 10.2 Å². The number of ether oxygens (including phenoxy) is 1. The van der Waals surface area contributed by atoms with E-state index in [1.807, 2.05) is 24.3 Å². The number of hydrogen-bond acceptors (Lipinski definition) is 4. The number of aliphatic carboxylic acids is 1. The van der Waals surface area contributed by atoms with Gasteiger partial charge in [-0.05, 0) is 52.2 Å². The van der Waals surface area contributed by atoms with Crippen LogP contribution in [-0.4, -0.2) is 30.1 Å². The number of carbonyl (C=O) groups excluding carboxylic acids is 1. The SMILES string of the molecule is O=C(O)COc1ccc(CCNC(=O)Cc2ccc(Br)s2)cc1. The van der Waals surface area contributed by atoms with E-state index in [0.29, 0.717) is 25.1 Å². The summed E-state index contributed by atoms with van der Waals surface area (Å²) in [5, 5.41) is 11.4. The van der Waals surface area contributed by atoms with Gasteiger partial charge in [-0.15, -0.1) is 11.3 Å². The van der Waals surface area contributed by atoms with Crippen LogP contribution >= 0.6 is 27.3 Å². The summed E-state index contributed by atoms with van der Waals surface area (Å²) in [5.74, 6) is -0.487. The third-order valence-electron chi connectivity index (χ3n) is 2.99. The van der Waals surface area contributed by atoms with Crippen LogP contribution in [0.1, 0.15) is 10.4 Å². The van der Waals surface area contributed by atoms with Crippen molar-refractivity contribution in [2.24, 2.45) is 0 Å². The number of benzene rings is 1. The molecule has 0 unspecified atom stereocenters. The molecule has 0 atom stereocenters. The molecule has 1 amide bonds. The lowest BCUT2D eigenvalue weighted by Crippen LogP contribution is -2.26. The number of halogens is 1. The minimum absolute atomic E-state index is 0.000705. The van der Waals surface area contributed by atoms with Crippen LogP contribution in [-0.2, 0) is 22.4 Å². The monoisotopic (exact) mass is 397 g/mol. The van der Waals surface area contributed by atoms with Gasteiger partial charge in [0.1, 0.15) is 5.75 Å². The second-order valence-electron chi connectivity index (χ2n) is 4.81. The molecule has 7 heteroatoms. The molecule has 5 nitrogen and oxygen atoms in total. The highest BCUT2D eigenvalue weighted by atomic mass is 79.9. The molecule has 1 aromatic carbocycles. The topological polar surface area (TPSA) is 75.6 Å². The van der Waals surface area contributed by atoms with Crippen molar-refractivity contribution in [3.05, 3.63) is 50.6 Å². The van der Waals surface area contributed by atoms with Crippen LogP contribution in [0.25, 0.3) is 0 Å². The van der Waals surface area contributed by atoms with Gasteiger partial charge in [0.25, 0.3) is 0 Å². The van der Waals surface area contributed by atoms with Crippen molar-refractivity contribution < 1.29 is 19.4 Å². The minimum Gasteiger partial charge on any atom is -0.482 e. The molecule has 122 valence electrons. The zero-order valence-corrected chi connectivity index (χ0v) is 14.7. The van der Waals surface area contributed by atoms with Crippen molar-refractivity contribution in [1.29, 1.82) is 0 Å². The van der Waals surface area contributed by atoms with E-state index < -0.39 is 5.97 Å². The van der Waals surface area contributed by atoms with E-state index in [4.69, 9.17) is 9.84 Å². The molecular formula is C16H16BrNO4S. The molecule has 0 saturated carbocycles. The van der Waals surface area contributed by atoms with E-state index in [9.17, 15) is 9.59 Å². The Labute approximate surface area is 146 Å². The normalized spacial score (nSPS) is 10.3. The van der Waals surface area contributed by atoms with Crippen LogP contribution < -0.4 is 10.1 Å². The standard InChI is InChI=1S/C16H16BrNO4S/c17-14-6-5-13(23-14)9-15(19)18-8-7-11-1-3-12(4-2-11)22-10-16(20)21/h1-6H,7-10H2,(H,18,19)(H,20,21). The average molecular weight is 398 g/mol. The molecule has 0 aliphatic carbocycles. The zero-order valence-electron chi connectivity index (χ0n) is 12.3. The predicted molar refractivity (Wildman–Crippen MR) is 92.0 cm³/mol. The molecule has 0 aliphatic rings. The first kappa shape index (κ1) is 17.5. The number of hydrogen-bond donors (Lipinski definition) is 2. The molecular weight excluding hydrogens is 382 g/mol. The van der Waals surface area contributed by atoms with Gasteiger partial charge in [-0.1, -0.05) is 12.1 Å². The summed E-state index contributed by atoms with van der Waals surface area (Å²) in [6.45, 7) is 0.203. The van der Waals surface area contributed by atoms with Crippen molar-refractivity contribution in [3.63, 3.8) is 0 Å². The van der Waals surface area contributed by atoms with Gasteiger partial charge in [0.15, 0.2) is 6.61 Å². The van der Waals surface area contributed by atoms with Gasteiger partial charge < -0.3 is 15.2 Å². The Morgan fingerprint density at radius 1 is 1.17 bits per heavy atom. The Morgan fingerprint density at radius 2 is 1.91 bits per heavy atom. The number of thiophene rings is 1. The van der Waals surface area contributed by atoms with Crippen molar-refractivity contribution in [2.45, 2.75) is 12.8 Å². The molecule has 0 fully saturated rings.